The van der Waals surface area contributed by atoms with E-state index in [1.807, 2.05) is 0 Å². The first kappa shape index (κ1) is 13.9. The Labute approximate surface area is 110 Å². The van der Waals surface area contributed by atoms with E-state index in [0.29, 0.717) is 29.4 Å². The summed E-state index contributed by atoms with van der Waals surface area (Å²) in [6, 6.07) is 3.12. The second-order valence-corrected chi connectivity index (χ2v) is 6.22. The molecule has 7 nitrogen and oxygen atoms in total. The Kier molecular flexibility index (Phi) is 4.13. The Morgan fingerprint density at radius 3 is 2.84 bits per heavy atom. The van der Waals surface area contributed by atoms with Crippen molar-refractivity contribution >= 4 is 20.9 Å². The molecule has 19 heavy (non-hydrogen) atoms. The van der Waals surface area contributed by atoms with E-state index in [9.17, 15) is 8.42 Å². The average molecular weight is 283 g/mol. The fourth-order valence-electron chi connectivity index (χ4n) is 1.98. The molecule has 0 unspecified atom stereocenters. The molecule has 0 bridgehead atoms. The van der Waals surface area contributed by atoms with Gasteiger partial charge in [-0.05, 0) is 25.0 Å². The van der Waals surface area contributed by atoms with Gasteiger partial charge in [-0.25, -0.2) is 8.42 Å². The smallest absolute Gasteiger partial charge is 0.180 e. The van der Waals surface area contributed by atoms with Crippen LogP contribution in [0.3, 0.4) is 0 Å². The molecule has 2 aromatic rings. The Morgan fingerprint density at radius 1 is 1.37 bits per heavy atom. The van der Waals surface area contributed by atoms with Crippen molar-refractivity contribution in [2.45, 2.75) is 17.7 Å². The summed E-state index contributed by atoms with van der Waals surface area (Å²) in [7, 11) is -3.53. The van der Waals surface area contributed by atoms with Crippen molar-refractivity contribution in [1.29, 1.82) is 0 Å². The molecular weight excluding hydrogens is 268 g/mol. The maximum Gasteiger partial charge on any atom is 0.180 e. The predicted octanol–water partition coefficient (Wildman–Crippen LogP) is -0.0606. The molecule has 1 aromatic heterocycles. The first-order chi connectivity index (χ1) is 9.10. The van der Waals surface area contributed by atoms with Crippen LogP contribution in [0.25, 0.3) is 11.0 Å². The monoisotopic (exact) mass is 283 g/mol. The second kappa shape index (κ2) is 5.64. The highest BCUT2D eigenvalue weighted by molar-refractivity contribution is 7.91. The van der Waals surface area contributed by atoms with Crippen molar-refractivity contribution in [3.63, 3.8) is 0 Å². The average Bonchev–Trinajstić information content (AvgIpc) is 2.84. The summed E-state index contributed by atoms with van der Waals surface area (Å²) in [6.07, 6.45) is 1.00. The molecule has 3 N–H and O–H groups in total. The molecule has 0 aliphatic carbocycles. The molecule has 0 spiro atoms. The number of rotatable bonds is 6. The number of hydrogen-bond acceptors (Lipinski definition) is 5. The van der Waals surface area contributed by atoms with E-state index in [-0.39, 0.29) is 17.2 Å². The first-order valence-corrected chi connectivity index (χ1v) is 7.56. The lowest BCUT2D eigenvalue weighted by Gasteiger charge is -2.09. The third kappa shape index (κ3) is 2.75. The van der Waals surface area contributed by atoms with Crippen molar-refractivity contribution in [1.82, 2.24) is 21.1 Å². The normalized spacial score (nSPS) is 12.1. The summed E-state index contributed by atoms with van der Waals surface area (Å²) in [6.45, 7) is -0.204. The number of aliphatic hydroxyl groups excluding tert-OH is 1. The Hall–Kier alpha value is -1.51. The van der Waals surface area contributed by atoms with Crippen LogP contribution in [-0.2, 0) is 16.3 Å². The van der Waals surface area contributed by atoms with E-state index in [4.69, 9.17) is 10.8 Å². The summed E-state index contributed by atoms with van der Waals surface area (Å²) < 4.78 is 24.2. The minimum atomic E-state index is -3.53. The number of hydrogen-bond donors (Lipinski definition) is 2. The van der Waals surface area contributed by atoms with Crippen LogP contribution in [0.2, 0.25) is 0 Å². The molecule has 1 aromatic carbocycles. The van der Waals surface area contributed by atoms with Crippen molar-refractivity contribution in [3.8, 4) is 0 Å². The minimum Gasteiger partial charge on any atom is -0.395 e. The largest absolute Gasteiger partial charge is 0.395 e. The summed E-state index contributed by atoms with van der Waals surface area (Å²) in [4.78, 5) is 0.177. The quantitative estimate of drug-likeness (QED) is 0.769. The molecule has 0 saturated carbocycles. The van der Waals surface area contributed by atoms with Gasteiger partial charge < -0.3 is 5.11 Å². The van der Waals surface area contributed by atoms with E-state index >= 15 is 0 Å². The number of benzene rings is 1. The van der Waals surface area contributed by atoms with Gasteiger partial charge in [0.1, 0.15) is 5.52 Å². The van der Waals surface area contributed by atoms with E-state index in [1.54, 1.807) is 6.07 Å². The van der Waals surface area contributed by atoms with Crippen LogP contribution in [-0.4, -0.2) is 47.8 Å². The molecule has 2 rings (SSSR count). The number of H-pyrrole nitrogens is 1. The van der Waals surface area contributed by atoms with Gasteiger partial charge in [0.15, 0.2) is 9.84 Å². The molecular formula is C11H15N4O3S. The lowest BCUT2D eigenvalue weighted by atomic mass is 10.1. The molecule has 1 radical (unpaired) electrons. The summed E-state index contributed by atoms with van der Waals surface area (Å²) in [5.74, 6) is -0.315. The maximum atomic E-state index is 12.1. The van der Waals surface area contributed by atoms with E-state index in [0.717, 1.165) is 0 Å². The Balaban J connectivity index is 2.59. The summed E-state index contributed by atoms with van der Waals surface area (Å²) >= 11 is 0. The maximum absolute atomic E-state index is 12.1. The number of nitrogens with one attached hydrogen (secondary N) is 2. The van der Waals surface area contributed by atoms with Gasteiger partial charge in [-0.3, -0.25) is 10.8 Å². The van der Waals surface area contributed by atoms with E-state index in [1.165, 1.54) is 6.07 Å². The van der Waals surface area contributed by atoms with Crippen LogP contribution in [0, 0.1) is 0 Å². The topological polar surface area (TPSA) is 120 Å². The number of fused-ring (bicyclic) bond motifs is 1. The zero-order valence-electron chi connectivity index (χ0n) is 10.3. The minimum absolute atomic E-state index is 0.177. The lowest BCUT2D eigenvalue weighted by molar-refractivity contribution is 0.319. The van der Waals surface area contributed by atoms with Crippen LogP contribution in [0.1, 0.15) is 12.0 Å². The Bertz CT molecular complexity index is 666. The van der Waals surface area contributed by atoms with Gasteiger partial charge in [0.05, 0.1) is 22.8 Å². The van der Waals surface area contributed by atoms with Gasteiger partial charge in [-0.15, -0.1) is 5.10 Å². The van der Waals surface area contributed by atoms with Gasteiger partial charge in [0.2, 0.25) is 0 Å². The van der Waals surface area contributed by atoms with Crippen molar-refractivity contribution in [2.24, 2.45) is 0 Å². The van der Waals surface area contributed by atoms with Crippen LogP contribution in [0.15, 0.2) is 17.0 Å². The van der Waals surface area contributed by atoms with Gasteiger partial charge in [-0.1, -0.05) is 5.21 Å². The fourth-order valence-corrected chi connectivity index (χ4v) is 3.29. The highest BCUT2D eigenvalue weighted by Crippen LogP contribution is 2.25. The third-order valence-corrected chi connectivity index (χ3v) is 4.63. The molecule has 1 heterocycles. The first-order valence-electron chi connectivity index (χ1n) is 5.91. The van der Waals surface area contributed by atoms with Gasteiger partial charge in [-0.2, -0.15) is 0 Å². The predicted molar refractivity (Wildman–Crippen MR) is 69.3 cm³/mol. The third-order valence-electron chi connectivity index (χ3n) is 2.86. The van der Waals surface area contributed by atoms with Crippen molar-refractivity contribution < 1.29 is 13.5 Å². The standard InChI is InChI=1S/C11H15N4O3S/c12-5-1-2-8-10(19(17,18)7-6-16)4-3-9-11(8)14-15-13-9/h3-4,12,16H,1-2,5-7H2,(H,13,14,15). The van der Waals surface area contributed by atoms with Gasteiger partial charge >= 0.3 is 0 Å². The number of nitrogens with zero attached hydrogens (tertiary/aromatic N) is 2. The van der Waals surface area contributed by atoms with Gasteiger partial charge in [0, 0.05) is 12.1 Å². The zero-order valence-corrected chi connectivity index (χ0v) is 11.1. The molecule has 8 heteroatoms. The molecule has 0 saturated heterocycles. The van der Waals surface area contributed by atoms with Crippen LogP contribution >= 0.6 is 0 Å². The number of aryl methyl sites for hydroxylation is 1. The summed E-state index contributed by atoms with van der Waals surface area (Å²) in [5.41, 5.74) is 8.96. The molecule has 0 aliphatic heterocycles. The number of aromatic nitrogens is 3. The number of aliphatic hydroxyl groups is 1. The van der Waals surface area contributed by atoms with Crippen molar-refractivity contribution in [2.75, 3.05) is 18.9 Å². The number of aromatic amines is 1. The summed E-state index contributed by atoms with van der Waals surface area (Å²) in [5, 5.41) is 19.1. The SMILES string of the molecule is [NH]CCCc1c(S(=O)(=O)CCO)ccc2[nH]nnc12. The molecule has 0 amide bonds. The van der Waals surface area contributed by atoms with Crippen molar-refractivity contribution in [3.05, 3.63) is 17.7 Å². The highest BCUT2D eigenvalue weighted by atomic mass is 32.2. The number of sulfone groups is 1. The van der Waals surface area contributed by atoms with Crippen LogP contribution in [0.4, 0.5) is 0 Å². The molecule has 103 valence electrons. The van der Waals surface area contributed by atoms with Crippen LogP contribution < -0.4 is 5.73 Å². The highest BCUT2D eigenvalue weighted by Gasteiger charge is 2.21. The second-order valence-electron chi connectivity index (χ2n) is 4.15. The molecule has 0 aliphatic rings. The van der Waals surface area contributed by atoms with Gasteiger partial charge in [0.25, 0.3) is 0 Å². The molecule has 0 fully saturated rings. The van der Waals surface area contributed by atoms with Crippen LogP contribution in [0.5, 0.6) is 0 Å². The van der Waals surface area contributed by atoms with E-state index < -0.39 is 16.4 Å². The molecule has 0 atom stereocenters. The lowest BCUT2D eigenvalue weighted by Crippen LogP contribution is -2.13. The fraction of sp³-hybridized carbons (Fsp3) is 0.455. The van der Waals surface area contributed by atoms with E-state index in [2.05, 4.69) is 15.4 Å². The zero-order chi connectivity index (χ0) is 13.9. The Morgan fingerprint density at radius 2 is 2.16 bits per heavy atom.